The van der Waals surface area contributed by atoms with Crippen molar-refractivity contribution in [3.05, 3.63) is 24.7 Å². The Kier molecular flexibility index (Phi) is 3.78. The second-order valence-corrected chi connectivity index (χ2v) is 7.24. The number of carbonyl (C=O) groups is 1. The molecule has 124 valence electrons. The van der Waals surface area contributed by atoms with Crippen molar-refractivity contribution in [2.24, 2.45) is 13.0 Å². The molecule has 1 atom stereocenters. The number of amides is 1. The van der Waals surface area contributed by atoms with Gasteiger partial charge in [-0.2, -0.15) is 5.10 Å². The second kappa shape index (κ2) is 5.95. The Balaban J connectivity index is 1.52. The van der Waals surface area contributed by atoms with Crippen LogP contribution in [0.1, 0.15) is 6.42 Å². The van der Waals surface area contributed by atoms with Gasteiger partial charge in [-0.15, -0.1) is 0 Å². The molecular formula is C16H18N6OS. The van der Waals surface area contributed by atoms with Crippen molar-refractivity contribution in [3.8, 4) is 10.4 Å². The highest BCUT2D eigenvalue weighted by Crippen LogP contribution is 2.30. The second-order valence-electron chi connectivity index (χ2n) is 6.21. The number of thiazole rings is 1. The van der Waals surface area contributed by atoms with Crippen molar-refractivity contribution in [2.45, 2.75) is 6.42 Å². The first-order valence-electron chi connectivity index (χ1n) is 7.83. The number of pyridine rings is 1. The highest BCUT2D eigenvalue weighted by molar-refractivity contribution is 7.19. The first kappa shape index (κ1) is 15.2. The molecule has 1 aliphatic heterocycles. The number of likely N-dealkylation sites (tertiary alicyclic amines) is 1. The molecule has 1 fully saturated rings. The lowest BCUT2D eigenvalue weighted by molar-refractivity contribution is -0.119. The number of carbonyl (C=O) groups excluding carboxylic acids is 1. The van der Waals surface area contributed by atoms with E-state index >= 15 is 0 Å². The number of hydrogen-bond acceptors (Lipinski definition) is 6. The minimum atomic E-state index is 0.0516. The van der Waals surface area contributed by atoms with E-state index < -0.39 is 0 Å². The van der Waals surface area contributed by atoms with Gasteiger partial charge in [0.25, 0.3) is 0 Å². The van der Waals surface area contributed by atoms with E-state index in [-0.39, 0.29) is 11.8 Å². The number of nitrogens with zero attached hydrogens (tertiary/aromatic N) is 5. The lowest BCUT2D eigenvalue weighted by atomic mass is 10.1. The van der Waals surface area contributed by atoms with Crippen LogP contribution in [0, 0.1) is 5.92 Å². The fourth-order valence-corrected chi connectivity index (χ4v) is 3.79. The van der Waals surface area contributed by atoms with Crippen LogP contribution in [-0.2, 0) is 11.8 Å². The first-order valence-corrected chi connectivity index (χ1v) is 8.65. The molecular weight excluding hydrogens is 324 g/mol. The molecule has 4 rings (SSSR count). The zero-order chi connectivity index (χ0) is 16.7. The van der Waals surface area contributed by atoms with Gasteiger partial charge in [-0.3, -0.25) is 9.48 Å². The Labute approximate surface area is 143 Å². The van der Waals surface area contributed by atoms with Gasteiger partial charge in [0.05, 0.1) is 10.8 Å². The molecule has 8 heteroatoms. The molecule has 1 amide bonds. The standard InChI is InChI=1S/C16H18N6OS/c1-21-4-3-10(8-21)15(23)19-16-18-7-13(24-16)11-5-12-9-22(2)20-14(12)17-6-11/h5-7,9-10H,3-4,8H2,1-2H3,(H,18,19,23)/t10-/m0/s1. The molecule has 0 aromatic carbocycles. The van der Waals surface area contributed by atoms with Gasteiger partial charge in [0.2, 0.25) is 5.91 Å². The topological polar surface area (TPSA) is 75.9 Å². The number of aromatic nitrogens is 4. The number of hydrogen-bond donors (Lipinski definition) is 1. The van der Waals surface area contributed by atoms with E-state index in [2.05, 4.69) is 25.3 Å². The SMILES string of the molecule is CN1CC[C@H](C(=O)Nc2ncc(-c3cnc4nn(C)cc4c3)s2)C1. The summed E-state index contributed by atoms with van der Waals surface area (Å²) in [7, 11) is 3.92. The molecule has 24 heavy (non-hydrogen) atoms. The van der Waals surface area contributed by atoms with E-state index in [1.165, 1.54) is 11.3 Å². The maximum atomic E-state index is 12.3. The normalized spacial score (nSPS) is 18.3. The van der Waals surface area contributed by atoms with Crippen molar-refractivity contribution in [2.75, 3.05) is 25.5 Å². The third-order valence-electron chi connectivity index (χ3n) is 4.26. The Morgan fingerprint density at radius 1 is 1.33 bits per heavy atom. The largest absolute Gasteiger partial charge is 0.306 e. The summed E-state index contributed by atoms with van der Waals surface area (Å²) >= 11 is 1.47. The average Bonchev–Trinajstić information content (AvgIpc) is 3.25. The van der Waals surface area contributed by atoms with Crippen LogP contribution in [0.3, 0.4) is 0 Å². The maximum absolute atomic E-state index is 12.3. The molecule has 3 aromatic heterocycles. The van der Waals surface area contributed by atoms with Crippen LogP contribution in [-0.4, -0.2) is 50.7 Å². The predicted octanol–water partition coefficient (Wildman–Crippen LogP) is 1.98. The molecule has 0 bridgehead atoms. The fraction of sp³-hybridized carbons (Fsp3) is 0.375. The minimum absolute atomic E-state index is 0.0516. The summed E-state index contributed by atoms with van der Waals surface area (Å²) < 4.78 is 1.75. The molecule has 0 unspecified atom stereocenters. The average molecular weight is 342 g/mol. The Morgan fingerprint density at radius 2 is 2.21 bits per heavy atom. The number of rotatable bonds is 3. The summed E-state index contributed by atoms with van der Waals surface area (Å²) in [5, 5.41) is 8.84. The number of fused-ring (bicyclic) bond motifs is 1. The monoisotopic (exact) mass is 342 g/mol. The maximum Gasteiger partial charge on any atom is 0.230 e. The van der Waals surface area contributed by atoms with Crippen LogP contribution < -0.4 is 5.32 Å². The van der Waals surface area contributed by atoms with E-state index in [9.17, 15) is 4.79 Å². The molecule has 4 heterocycles. The van der Waals surface area contributed by atoms with Gasteiger partial charge in [-0.1, -0.05) is 11.3 Å². The molecule has 0 saturated carbocycles. The summed E-state index contributed by atoms with van der Waals surface area (Å²) in [6.07, 6.45) is 6.41. The molecule has 0 spiro atoms. The minimum Gasteiger partial charge on any atom is -0.306 e. The van der Waals surface area contributed by atoms with E-state index in [4.69, 9.17) is 0 Å². The van der Waals surface area contributed by atoms with Gasteiger partial charge < -0.3 is 10.2 Å². The van der Waals surface area contributed by atoms with Crippen LogP contribution in [0.15, 0.2) is 24.7 Å². The fourth-order valence-electron chi connectivity index (χ4n) is 2.99. The number of aryl methyl sites for hydroxylation is 1. The summed E-state index contributed by atoms with van der Waals surface area (Å²) in [6.45, 7) is 1.78. The summed E-state index contributed by atoms with van der Waals surface area (Å²) in [6, 6.07) is 2.04. The summed E-state index contributed by atoms with van der Waals surface area (Å²) in [4.78, 5) is 24.1. The quantitative estimate of drug-likeness (QED) is 0.788. The van der Waals surface area contributed by atoms with Gasteiger partial charge in [0, 0.05) is 43.1 Å². The van der Waals surface area contributed by atoms with Crippen molar-refractivity contribution < 1.29 is 4.79 Å². The van der Waals surface area contributed by atoms with Gasteiger partial charge in [-0.05, 0) is 26.1 Å². The van der Waals surface area contributed by atoms with Gasteiger partial charge in [0.1, 0.15) is 0 Å². The first-order chi connectivity index (χ1) is 11.6. The van der Waals surface area contributed by atoms with Crippen molar-refractivity contribution in [1.29, 1.82) is 0 Å². The van der Waals surface area contributed by atoms with Gasteiger partial charge in [0.15, 0.2) is 10.8 Å². The molecule has 7 nitrogen and oxygen atoms in total. The van der Waals surface area contributed by atoms with Crippen LogP contribution in [0.5, 0.6) is 0 Å². The summed E-state index contributed by atoms with van der Waals surface area (Å²) in [5.74, 6) is 0.108. The Bertz CT molecular complexity index is 901. The van der Waals surface area contributed by atoms with Crippen LogP contribution in [0.2, 0.25) is 0 Å². The molecule has 0 radical (unpaired) electrons. The van der Waals surface area contributed by atoms with Gasteiger partial charge in [-0.25, -0.2) is 9.97 Å². The van der Waals surface area contributed by atoms with Crippen LogP contribution in [0.4, 0.5) is 5.13 Å². The zero-order valence-electron chi connectivity index (χ0n) is 13.6. The van der Waals surface area contributed by atoms with Crippen LogP contribution in [0.25, 0.3) is 21.5 Å². The smallest absolute Gasteiger partial charge is 0.230 e. The van der Waals surface area contributed by atoms with Crippen LogP contribution >= 0.6 is 11.3 Å². The third-order valence-corrected chi connectivity index (χ3v) is 5.22. The zero-order valence-corrected chi connectivity index (χ0v) is 14.4. The van der Waals surface area contributed by atoms with E-state index in [0.29, 0.717) is 5.13 Å². The third kappa shape index (κ3) is 2.90. The molecule has 1 saturated heterocycles. The Morgan fingerprint density at radius 3 is 3.00 bits per heavy atom. The van der Waals surface area contributed by atoms with E-state index in [0.717, 1.165) is 41.0 Å². The number of anilines is 1. The molecule has 1 aliphatic rings. The lowest BCUT2D eigenvalue weighted by Crippen LogP contribution is -2.25. The van der Waals surface area contributed by atoms with Crippen molar-refractivity contribution >= 4 is 33.4 Å². The summed E-state index contributed by atoms with van der Waals surface area (Å²) in [5.41, 5.74) is 1.71. The molecule has 0 aliphatic carbocycles. The number of nitrogens with one attached hydrogen (secondary N) is 1. The van der Waals surface area contributed by atoms with Crippen molar-refractivity contribution in [3.63, 3.8) is 0 Å². The highest BCUT2D eigenvalue weighted by Gasteiger charge is 2.26. The highest BCUT2D eigenvalue weighted by atomic mass is 32.1. The van der Waals surface area contributed by atoms with Gasteiger partial charge >= 0.3 is 0 Å². The lowest BCUT2D eigenvalue weighted by Gasteiger charge is -2.09. The molecule has 1 N–H and O–H groups in total. The van der Waals surface area contributed by atoms with Crippen molar-refractivity contribution in [1.82, 2.24) is 24.6 Å². The van der Waals surface area contributed by atoms with E-state index in [1.54, 1.807) is 17.1 Å². The Hall–Kier alpha value is -2.32. The predicted molar refractivity (Wildman–Crippen MR) is 93.9 cm³/mol. The molecule has 3 aromatic rings. The van der Waals surface area contributed by atoms with E-state index in [1.807, 2.05) is 26.4 Å².